The number of nitrogens with one attached hydrogen (secondary N) is 2. The van der Waals surface area contributed by atoms with E-state index in [4.69, 9.17) is 0 Å². The lowest BCUT2D eigenvalue weighted by molar-refractivity contribution is -0.117. The molecular formula is C17H27N3O. The summed E-state index contributed by atoms with van der Waals surface area (Å²) in [6.07, 6.45) is 2.42. The zero-order valence-corrected chi connectivity index (χ0v) is 13.4. The highest BCUT2D eigenvalue weighted by Crippen LogP contribution is 2.15. The number of piperidine rings is 1. The molecule has 2 N–H and O–H groups in total. The minimum Gasteiger partial charge on any atom is -0.325 e. The molecule has 1 aromatic rings. The van der Waals surface area contributed by atoms with Crippen molar-refractivity contribution in [1.82, 2.24) is 10.2 Å². The Labute approximate surface area is 127 Å². The topological polar surface area (TPSA) is 44.4 Å². The van der Waals surface area contributed by atoms with Crippen LogP contribution in [0.2, 0.25) is 0 Å². The Balaban J connectivity index is 1.78. The number of anilines is 1. The molecule has 1 saturated heterocycles. The Morgan fingerprint density at radius 3 is 2.67 bits per heavy atom. The molecule has 1 aliphatic rings. The van der Waals surface area contributed by atoms with E-state index < -0.39 is 0 Å². The van der Waals surface area contributed by atoms with Gasteiger partial charge in [0, 0.05) is 12.2 Å². The second kappa shape index (κ2) is 7.57. The van der Waals surface area contributed by atoms with Crippen molar-refractivity contribution in [3.05, 3.63) is 29.3 Å². The van der Waals surface area contributed by atoms with Gasteiger partial charge in [-0.2, -0.15) is 0 Å². The molecule has 0 aromatic heterocycles. The zero-order chi connectivity index (χ0) is 15.2. The molecule has 0 unspecified atom stereocenters. The van der Waals surface area contributed by atoms with Gasteiger partial charge in [0.25, 0.3) is 0 Å². The molecule has 116 valence electrons. The Bertz CT molecular complexity index is 481. The van der Waals surface area contributed by atoms with Gasteiger partial charge in [-0.25, -0.2) is 0 Å². The van der Waals surface area contributed by atoms with Gasteiger partial charge in [-0.1, -0.05) is 6.07 Å². The number of aryl methyl sites for hydroxylation is 2. The molecule has 1 amide bonds. The van der Waals surface area contributed by atoms with Gasteiger partial charge in [0.05, 0.1) is 6.54 Å². The molecule has 0 bridgehead atoms. The van der Waals surface area contributed by atoms with Gasteiger partial charge < -0.3 is 10.6 Å². The van der Waals surface area contributed by atoms with Crippen LogP contribution in [0.25, 0.3) is 0 Å². The predicted molar refractivity (Wildman–Crippen MR) is 87.6 cm³/mol. The van der Waals surface area contributed by atoms with E-state index in [0.717, 1.165) is 25.3 Å². The first-order valence-corrected chi connectivity index (χ1v) is 7.81. The predicted octanol–water partition coefficient (Wildman–Crippen LogP) is 2.17. The van der Waals surface area contributed by atoms with Crippen LogP contribution in [0.1, 0.15) is 24.0 Å². The summed E-state index contributed by atoms with van der Waals surface area (Å²) < 4.78 is 0. The number of rotatable bonds is 5. The van der Waals surface area contributed by atoms with Gasteiger partial charge in [0.15, 0.2) is 0 Å². The van der Waals surface area contributed by atoms with Gasteiger partial charge in [0.2, 0.25) is 5.91 Å². The van der Waals surface area contributed by atoms with Crippen LogP contribution in [0.4, 0.5) is 5.69 Å². The third-order valence-electron chi connectivity index (χ3n) is 4.23. The van der Waals surface area contributed by atoms with Crippen LogP contribution in [0.15, 0.2) is 18.2 Å². The van der Waals surface area contributed by atoms with Gasteiger partial charge in [-0.15, -0.1) is 0 Å². The molecule has 1 aliphatic heterocycles. The molecule has 0 radical (unpaired) electrons. The molecular weight excluding hydrogens is 262 g/mol. The maximum absolute atomic E-state index is 12.1. The number of hydrogen-bond donors (Lipinski definition) is 2. The quantitative estimate of drug-likeness (QED) is 0.873. The highest BCUT2D eigenvalue weighted by Gasteiger charge is 2.16. The van der Waals surface area contributed by atoms with Gasteiger partial charge in [-0.3, -0.25) is 9.69 Å². The molecule has 1 heterocycles. The molecule has 21 heavy (non-hydrogen) atoms. The molecule has 4 heteroatoms. The van der Waals surface area contributed by atoms with Crippen LogP contribution in [-0.2, 0) is 4.79 Å². The summed E-state index contributed by atoms with van der Waals surface area (Å²) >= 11 is 0. The first-order chi connectivity index (χ1) is 10.0. The average Bonchev–Trinajstić information content (AvgIpc) is 2.43. The molecule has 0 atom stereocenters. The van der Waals surface area contributed by atoms with Crippen LogP contribution in [0.5, 0.6) is 0 Å². The van der Waals surface area contributed by atoms with Crippen molar-refractivity contribution in [1.29, 1.82) is 0 Å². The summed E-state index contributed by atoms with van der Waals surface area (Å²) in [7, 11) is 2.03. The van der Waals surface area contributed by atoms with Crippen LogP contribution in [0, 0.1) is 19.8 Å². The van der Waals surface area contributed by atoms with Crippen LogP contribution >= 0.6 is 0 Å². The number of nitrogens with zero attached hydrogens (tertiary/aromatic N) is 1. The Kier molecular flexibility index (Phi) is 5.76. The van der Waals surface area contributed by atoms with Crippen LogP contribution in [0.3, 0.4) is 0 Å². The van der Waals surface area contributed by atoms with E-state index >= 15 is 0 Å². The van der Waals surface area contributed by atoms with Crippen molar-refractivity contribution in [3.8, 4) is 0 Å². The number of carbonyl (C=O) groups is 1. The summed E-state index contributed by atoms with van der Waals surface area (Å²) in [5, 5.41) is 6.36. The third kappa shape index (κ3) is 5.14. The highest BCUT2D eigenvalue weighted by molar-refractivity contribution is 5.92. The van der Waals surface area contributed by atoms with Crippen LogP contribution in [-0.4, -0.2) is 44.0 Å². The lowest BCUT2D eigenvalue weighted by Crippen LogP contribution is -2.37. The molecule has 0 saturated carbocycles. The fourth-order valence-corrected chi connectivity index (χ4v) is 2.83. The van der Waals surface area contributed by atoms with Crippen LogP contribution < -0.4 is 10.6 Å². The van der Waals surface area contributed by atoms with Gasteiger partial charge >= 0.3 is 0 Å². The standard InChI is InChI=1S/C17H27N3O/c1-13-4-5-16(10-14(13)2)19-17(21)12-20(3)11-15-6-8-18-9-7-15/h4-5,10,15,18H,6-9,11-12H2,1-3H3,(H,19,21). The van der Waals surface area contributed by atoms with E-state index in [1.54, 1.807) is 0 Å². The molecule has 4 nitrogen and oxygen atoms in total. The smallest absolute Gasteiger partial charge is 0.238 e. The van der Waals surface area contributed by atoms with Crippen molar-refractivity contribution in [2.75, 3.05) is 38.5 Å². The molecule has 0 aliphatic carbocycles. The second-order valence-corrected chi connectivity index (χ2v) is 6.24. The highest BCUT2D eigenvalue weighted by atomic mass is 16.2. The fraction of sp³-hybridized carbons (Fsp3) is 0.588. The molecule has 2 rings (SSSR count). The van der Waals surface area contributed by atoms with E-state index in [1.807, 2.05) is 25.2 Å². The summed E-state index contributed by atoms with van der Waals surface area (Å²) in [6, 6.07) is 6.04. The van der Waals surface area contributed by atoms with Crippen molar-refractivity contribution in [3.63, 3.8) is 0 Å². The maximum atomic E-state index is 12.1. The zero-order valence-electron chi connectivity index (χ0n) is 13.4. The SMILES string of the molecule is Cc1ccc(NC(=O)CN(C)CC2CCNCC2)cc1C. The Morgan fingerprint density at radius 1 is 1.29 bits per heavy atom. The third-order valence-corrected chi connectivity index (χ3v) is 4.23. The van der Waals surface area contributed by atoms with E-state index in [1.165, 1.54) is 24.0 Å². The monoisotopic (exact) mass is 289 g/mol. The number of carbonyl (C=O) groups excluding carboxylic acids is 1. The fourth-order valence-electron chi connectivity index (χ4n) is 2.83. The Hall–Kier alpha value is -1.39. The lowest BCUT2D eigenvalue weighted by Gasteiger charge is -2.27. The van der Waals surface area contributed by atoms with Gasteiger partial charge in [-0.05, 0) is 76.0 Å². The van der Waals surface area contributed by atoms with Crippen molar-refractivity contribution in [2.24, 2.45) is 5.92 Å². The number of amides is 1. The maximum Gasteiger partial charge on any atom is 0.238 e. The normalized spacial score (nSPS) is 16.2. The second-order valence-electron chi connectivity index (χ2n) is 6.24. The minimum absolute atomic E-state index is 0.0645. The summed E-state index contributed by atoms with van der Waals surface area (Å²) in [4.78, 5) is 14.2. The van der Waals surface area contributed by atoms with Gasteiger partial charge in [0.1, 0.15) is 0 Å². The largest absolute Gasteiger partial charge is 0.325 e. The summed E-state index contributed by atoms with van der Waals surface area (Å²) in [6.45, 7) is 7.81. The first-order valence-electron chi connectivity index (χ1n) is 7.81. The summed E-state index contributed by atoms with van der Waals surface area (Å²) in [5.41, 5.74) is 3.34. The minimum atomic E-state index is 0.0645. The number of hydrogen-bond acceptors (Lipinski definition) is 3. The van der Waals surface area contributed by atoms with E-state index in [-0.39, 0.29) is 5.91 Å². The molecule has 1 aromatic carbocycles. The summed E-state index contributed by atoms with van der Waals surface area (Å²) in [5.74, 6) is 0.778. The number of benzene rings is 1. The molecule has 1 fully saturated rings. The van der Waals surface area contributed by atoms with Crippen molar-refractivity contribution in [2.45, 2.75) is 26.7 Å². The van der Waals surface area contributed by atoms with Crippen molar-refractivity contribution >= 4 is 11.6 Å². The first kappa shape index (κ1) is 16.0. The van der Waals surface area contributed by atoms with E-state index in [0.29, 0.717) is 12.5 Å². The van der Waals surface area contributed by atoms with E-state index in [9.17, 15) is 4.79 Å². The number of likely N-dealkylation sites (N-methyl/N-ethyl adjacent to an activating group) is 1. The Morgan fingerprint density at radius 2 is 2.00 bits per heavy atom. The van der Waals surface area contributed by atoms with E-state index in [2.05, 4.69) is 29.4 Å². The average molecular weight is 289 g/mol. The lowest BCUT2D eigenvalue weighted by atomic mass is 9.98. The van der Waals surface area contributed by atoms with Crippen molar-refractivity contribution < 1.29 is 4.79 Å². The molecule has 0 spiro atoms.